The van der Waals surface area contributed by atoms with Gasteiger partial charge in [0.1, 0.15) is 5.84 Å². The van der Waals surface area contributed by atoms with Gasteiger partial charge in [-0.3, -0.25) is 14.5 Å². The van der Waals surface area contributed by atoms with Crippen LogP contribution in [0.15, 0.2) is 57.5 Å². The Kier molecular flexibility index (Phi) is 5.78. The van der Waals surface area contributed by atoms with Crippen LogP contribution in [0.5, 0.6) is 0 Å². The molecule has 2 heterocycles. The van der Waals surface area contributed by atoms with Gasteiger partial charge in [0.2, 0.25) is 5.91 Å². The van der Waals surface area contributed by atoms with Crippen LogP contribution in [0.1, 0.15) is 18.4 Å². The maximum Gasteiger partial charge on any atom is 0.262 e. The van der Waals surface area contributed by atoms with E-state index in [9.17, 15) is 13.2 Å². The molecule has 0 radical (unpaired) electrons. The van der Waals surface area contributed by atoms with Crippen molar-refractivity contribution in [1.29, 1.82) is 0 Å². The zero-order valence-corrected chi connectivity index (χ0v) is 17.9. The molecule has 0 aliphatic carbocycles. The summed E-state index contributed by atoms with van der Waals surface area (Å²) in [7, 11) is -3.73. The number of aromatic amines is 1. The summed E-state index contributed by atoms with van der Waals surface area (Å²) in [6, 6.07) is 12.1. The van der Waals surface area contributed by atoms with E-state index in [1.165, 1.54) is 23.9 Å². The third-order valence-electron chi connectivity index (χ3n) is 4.51. The molecule has 4 rings (SSSR count). The van der Waals surface area contributed by atoms with Gasteiger partial charge in [-0.05, 0) is 49.2 Å². The Bertz CT molecular complexity index is 1230. The molecule has 8 nitrogen and oxygen atoms in total. The molecule has 1 aliphatic heterocycles. The summed E-state index contributed by atoms with van der Waals surface area (Å²) < 4.78 is 27.6. The molecule has 156 valence electrons. The molecule has 10 heteroatoms. The average Bonchev–Trinajstić information content (AvgIpc) is 3.35. The Morgan fingerprint density at radius 1 is 1.23 bits per heavy atom. The third kappa shape index (κ3) is 4.82. The topological polar surface area (TPSA) is 116 Å². The minimum atomic E-state index is -3.73. The van der Waals surface area contributed by atoms with Crippen molar-refractivity contribution < 1.29 is 13.2 Å². The van der Waals surface area contributed by atoms with Crippen LogP contribution >= 0.6 is 11.8 Å². The number of carbonyl (C=O) groups is 1. The standard InChI is InChI=1S/C20H21N5O3S2/c1-13-7-8-16-17(10-13)24-20(23-16)29-12-19(26)22-14-4-2-5-15(11-14)30(27,28)25-18-6-3-9-21-18/h2,4-5,7-8,10-11H,3,6,9,12H2,1H3,(H,21,25)(H,22,26)(H,23,24). The number of fused-ring (bicyclic) bond motifs is 1. The molecule has 3 N–H and O–H groups in total. The summed E-state index contributed by atoms with van der Waals surface area (Å²) in [5, 5.41) is 3.39. The number of carbonyl (C=O) groups excluding carboxylic acids is 1. The first-order valence-electron chi connectivity index (χ1n) is 9.44. The first-order chi connectivity index (χ1) is 14.4. The van der Waals surface area contributed by atoms with E-state index in [-0.39, 0.29) is 16.6 Å². The molecule has 30 heavy (non-hydrogen) atoms. The van der Waals surface area contributed by atoms with Gasteiger partial charge in [-0.15, -0.1) is 0 Å². The van der Waals surface area contributed by atoms with Crippen LogP contribution in [0.25, 0.3) is 11.0 Å². The number of amides is 1. The monoisotopic (exact) mass is 443 g/mol. The van der Waals surface area contributed by atoms with Gasteiger partial charge in [-0.2, -0.15) is 0 Å². The Morgan fingerprint density at radius 3 is 2.90 bits per heavy atom. The number of sulfonamides is 1. The van der Waals surface area contributed by atoms with Crippen LogP contribution in [0, 0.1) is 6.92 Å². The van der Waals surface area contributed by atoms with Crippen molar-refractivity contribution in [1.82, 2.24) is 14.7 Å². The van der Waals surface area contributed by atoms with E-state index in [1.54, 1.807) is 12.1 Å². The first kappa shape index (κ1) is 20.4. The van der Waals surface area contributed by atoms with E-state index in [2.05, 4.69) is 25.0 Å². The molecule has 0 saturated carbocycles. The largest absolute Gasteiger partial charge is 0.333 e. The van der Waals surface area contributed by atoms with Crippen molar-refractivity contribution in [3.63, 3.8) is 0 Å². The van der Waals surface area contributed by atoms with Crippen LogP contribution in [0.4, 0.5) is 5.69 Å². The van der Waals surface area contributed by atoms with Gasteiger partial charge < -0.3 is 10.3 Å². The number of aryl methyl sites for hydroxylation is 1. The molecule has 0 atom stereocenters. The van der Waals surface area contributed by atoms with Gasteiger partial charge >= 0.3 is 0 Å². The number of hydrogen-bond acceptors (Lipinski definition) is 6. The first-order valence-corrected chi connectivity index (χ1v) is 11.9. The number of benzene rings is 2. The van der Waals surface area contributed by atoms with Crippen molar-refractivity contribution in [3.8, 4) is 0 Å². The maximum atomic E-state index is 12.5. The second-order valence-electron chi connectivity index (χ2n) is 6.96. The molecule has 2 aromatic carbocycles. The SMILES string of the molecule is Cc1ccc2nc(SCC(=O)Nc3cccc(S(=O)(=O)NC4=NCCC4)c3)[nH]c2c1. The molecule has 0 saturated heterocycles. The lowest BCUT2D eigenvalue weighted by atomic mass is 10.2. The second-order valence-corrected chi connectivity index (χ2v) is 9.61. The highest BCUT2D eigenvalue weighted by molar-refractivity contribution is 7.99. The number of aromatic nitrogens is 2. The molecular weight excluding hydrogens is 422 g/mol. The number of nitrogens with zero attached hydrogens (tertiary/aromatic N) is 2. The maximum absolute atomic E-state index is 12.5. The molecule has 1 aliphatic rings. The van der Waals surface area contributed by atoms with Gasteiger partial charge in [0.05, 0.1) is 21.7 Å². The highest BCUT2D eigenvalue weighted by Gasteiger charge is 2.19. The number of anilines is 1. The number of hydrogen-bond donors (Lipinski definition) is 3. The predicted molar refractivity (Wildman–Crippen MR) is 118 cm³/mol. The minimum Gasteiger partial charge on any atom is -0.333 e. The smallest absolute Gasteiger partial charge is 0.262 e. The Balaban J connectivity index is 1.38. The van der Waals surface area contributed by atoms with Crippen LogP contribution in [-0.2, 0) is 14.8 Å². The molecule has 0 spiro atoms. The van der Waals surface area contributed by atoms with Gasteiger partial charge in [0, 0.05) is 18.7 Å². The fourth-order valence-corrected chi connectivity index (χ4v) is 4.90. The summed E-state index contributed by atoms with van der Waals surface area (Å²) in [6.07, 6.45) is 1.46. The van der Waals surface area contributed by atoms with Crippen LogP contribution in [0.3, 0.4) is 0 Å². The average molecular weight is 444 g/mol. The summed E-state index contributed by atoms with van der Waals surface area (Å²) >= 11 is 1.29. The number of aliphatic imine (C=N–C) groups is 1. The van der Waals surface area contributed by atoms with E-state index in [0.29, 0.717) is 29.6 Å². The van der Waals surface area contributed by atoms with Crippen LogP contribution < -0.4 is 10.0 Å². The zero-order valence-electron chi connectivity index (χ0n) is 16.3. The molecule has 0 fully saturated rings. The van der Waals surface area contributed by atoms with Gasteiger partial charge in [-0.1, -0.05) is 23.9 Å². The fourth-order valence-electron chi connectivity index (χ4n) is 3.08. The van der Waals surface area contributed by atoms with Crippen molar-refractivity contribution in [2.45, 2.75) is 29.8 Å². The molecule has 0 unspecified atom stereocenters. The Hall–Kier alpha value is -2.85. The zero-order chi connectivity index (χ0) is 21.1. The molecule has 0 bridgehead atoms. The van der Waals surface area contributed by atoms with Crippen LogP contribution in [-0.4, -0.2) is 42.4 Å². The normalized spacial score (nSPS) is 14.0. The summed E-state index contributed by atoms with van der Waals surface area (Å²) in [5.74, 6) is 0.367. The highest BCUT2D eigenvalue weighted by atomic mass is 32.2. The Morgan fingerprint density at radius 2 is 2.10 bits per heavy atom. The van der Waals surface area contributed by atoms with Gasteiger partial charge in [0.15, 0.2) is 5.16 Å². The summed E-state index contributed by atoms with van der Waals surface area (Å²) in [6.45, 7) is 2.64. The molecular formula is C20H21N5O3S2. The lowest BCUT2D eigenvalue weighted by molar-refractivity contribution is -0.113. The number of rotatable bonds is 6. The van der Waals surface area contributed by atoms with E-state index < -0.39 is 10.0 Å². The second kappa shape index (κ2) is 8.49. The number of nitrogens with one attached hydrogen (secondary N) is 3. The lowest BCUT2D eigenvalue weighted by Crippen LogP contribution is -2.29. The predicted octanol–water partition coefficient (Wildman–Crippen LogP) is 3.07. The summed E-state index contributed by atoms with van der Waals surface area (Å²) in [5.41, 5.74) is 3.32. The van der Waals surface area contributed by atoms with Gasteiger partial charge in [0.25, 0.3) is 10.0 Å². The summed E-state index contributed by atoms with van der Waals surface area (Å²) in [4.78, 5) is 24.2. The van der Waals surface area contributed by atoms with Crippen LogP contribution in [0.2, 0.25) is 0 Å². The lowest BCUT2D eigenvalue weighted by Gasteiger charge is -2.10. The van der Waals surface area contributed by atoms with E-state index >= 15 is 0 Å². The third-order valence-corrected chi connectivity index (χ3v) is 6.76. The van der Waals surface area contributed by atoms with Crippen molar-refractivity contribution in [2.24, 2.45) is 4.99 Å². The van der Waals surface area contributed by atoms with Crippen molar-refractivity contribution in [3.05, 3.63) is 48.0 Å². The quantitative estimate of drug-likeness (QED) is 0.506. The van der Waals surface area contributed by atoms with Crippen molar-refractivity contribution >= 4 is 50.2 Å². The Labute approximate surface area is 178 Å². The van der Waals surface area contributed by atoms with Crippen molar-refractivity contribution in [2.75, 3.05) is 17.6 Å². The van der Waals surface area contributed by atoms with E-state index in [4.69, 9.17) is 0 Å². The number of thioether (sulfide) groups is 1. The molecule has 1 amide bonds. The highest BCUT2D eigenvalue weighted by Crippen LogP contribution is 2.21. The van der Waals surface area contributed by atoms with E-state index in [1.807, 2.05) is 25.1 Å². The number of imidazole rings is 1. The molecule has 1 aromatic heterocycles. The number of amidine groups is 1. The number of H-pyrrole nitrogens is 1. The minimum absolute atomic E-state index is 0.0789. The fraction of sp³-hybridized carbons (Fsp3) is 0.250. The molecule has 3 aromatic rings. The van der Waals surface area contributed by atoms with Gasteiger partial charge in [-0.25, -0.2) is 13.4 Å². The van der Waals surface area contributed by atoms with E-state index in [0.717, 1.165) is 23.0 Å².